The Kier molecular flexibility index (Phi) is 10.7. The van der Waals surface area contributed by atoms with Gasteiger partial charge in [-0.1, -0.05) is 31.2 Å². The van der Waals surface area contributed by atoms with Crippen molar-refractivity contribution in [3.05, 3.63) is 77.0 Å². The van der Waals surface area contributed by atoms with Gasteiger partial charge in [0.1, 0.15) is 27.0 Å². The van der Waals surface area contributed by atoms with Crippen molar-refractivity contribution in [3.8, 4) is 11.3 Å². The molecule has 0 spiro atoms. The number of amides is 3. The van der Waals surface area contributed by atoms with E-state index in [-0.39, 0.29) is 30.7 Å². The van der Waals surface area contributed by atoms with E-state index in [1.54, 1.807) is 49.9 Å². The number of hydrogen-bond donors (Lipinski definition) is 2. The first kappa shape index (κ1) is 33.7. The molecule has 3 aromatic rings. The lowest BCUT2D eigenvalue weighted by molar-refractivity contribution is -0.119. The number of carbonyl (C=O) groups is 3. The maximum atomic E-state index is 13.1. The number of furan rings is 1. The zero-order valence-corrected chi connectivity index (χ0v) is 27.3. The van der Waals surface area contributed by atoms with Crippen LogP contribution >= 0.6 is 0 Å². The molecule has 0 radical (unpaired) electrons. The average Bonchev–Trinajstić information content (AvgIpc) is 3.44. The van der Waals surface area contributed by atoms with Gasteiger partial charge in [0.05, 0.1) is 18.8 Å². The third-order valence-electron chi connectivity index (χ3n) is 7.10. The number of benzene rings is 2. The molecule has 0 bridgehead atoms. The van der Waals surface area contributed by atoms with Gasteiger partial charge in [0.15, 0.2) is 0 Å². The summed E-state index contributed by atoms with van der Waals surface area (Å²) in [4.78, 5) is 41.3. The molecule has 4 rings (SSSR count). The van der Waals surface area contributed by atoms with Crippen LogP contribution in [-0.2, 0) is 38.9 Å². The Morgan fingerprint density at radius 2 is 1.78 bits per heavy atom. The second-order valence-corrected chi connectivity index (χ2v) is 14.5. The molecule has 1 aromatic heterocycles. The van der Waals surface area contributed by atoms with Crippen molar-refractivity contribution < 1.29 is 32.0 Å². The fourth-order valence-corrected chi connectivity index (χ4v) is 5.34. The summed E-state index contributed by atoms with van der Waals surface area (Å²) >= 11 is 0. The van der Waals surface area contributed by atoms with Gasteiger partial charge in [0.2, 0.25) is 5.91 Å². The first-order chi connectivity index (χ1) is 21.2. The number of hydrogen-bond acceptors (Lipinski definition) is 8. The summed E-state index contributed by atoms with van der Waals surface area (Å²) in [5, 5.41) is 0. The number of rotatable bonds is 12. The predicted octanol–water partition coefficient (Wildman–Crippen LogP) is 4.85. The molecular weight excluding hydrogens is 596 g/mol. The monoisotopic (exact) mass is 638 g/mol. The number of hydrazine groups is 1. The Morgan fingerprint density at radius 3 is 2.44 bits per heavy atom. The number of nitrogens with one attached hydrogen (secondary N) is 2. The number of aryl methyl sites for hydroxylation is 1. The maximum absolute atomic E-state index is 13.1. The largest absolute Gasteiger partial charge is 0.459 e. The first-order valence-corrected chi connectivity index (χ1v) is 17.1. The fourth-order valence-electron chi connectivity index (χ4n) is 4.79. The van der Waals surface area contributed by atoms with E-state index in [9.17, 15) is 22.8 Å². The topological polar surface area (TPSA) is 138 Å². The van der Waals surface area contributed by atoms with E-state index in [1.807, 2.05) is 37.3 Å². The highest BCUT2D eigenvalue weighted by molar-refractivity contribution is 7.90. The van der Waals surface area contributed by atoms with E-state index < -0.39 is 21.5 Å². The Balaban J connectivity index is 1.51. The number of anilines is 1. The predicted molar refractivity (Wildman–Crippen MR) is 172 cm³/mol. The Morgan fingerprint density at radius 1 is 1.04 bits per heavy atom. The molecule has 12 heteroatoms. The van der Waals surface area contributed by atoms with E-state index in [4.69, 9.17) is 9.15 Å². The smallest absolute Gasteiger partial charge is 0.410 e. The molecular formula is C33H42N4O7S. The van der Waals surface area contributed by atoms with Crippen LogP contribution in [0.5, 0.6) is 0 Å². The fraction of sp³-hybridized carbons (Fsp3) is 0.424. The number of nitrogens with zero attached hydrogens (tertiary/aromatic N) is 2. The van der Waals surface area contributed by atoms with Crippen LogP contribution in [0, 0.1) is 0 Å². The van der Waals surface area contributed by atoms with E-state index in [1.165, 1.54) is 4.90 Å². The van der Waals surface area contributed by atoms with E-state index in [2.05, 4.69) is 10.9 Å². The second-order valence-electron chi connectivity index (χ2n) is 12.2. The zero-order valence-electron chi connectivity index (χ0n) is 26.5. The standard InChI is InChI=1S/C33H42N4O7S/c1-6-17-34-35-31(39)25-9-7-23(8-10-25)21-37-28-20-26(12-11-24(28)13-16-30(37)38)29-15-14-27(43-29)22-36(18-19-45(5,41)42)32(40)44-33(2,3)4/h7-12,14-15,20,34H,6,13,16-19,21-22H2,1-5H3,(H,35,39). The Hall–Kier alpha value is -4.16. The van der Waals surface area contributed by atoms with Crippen molar-refractivity contribution in [2.45, 2.75) is 65.6 Å². The van der Waals surface area contributed by atoms with Crippen molar-refractivity contribution in [3.63, 3.8) is 0 Å². The number of fused-ring (bicyclic) bond motifs is 1. The molecule has 2 N–H and O–H groups in total. The van der Waals surface area contributed by atoms with Gasteiger partial charge in [-0.25, -0.2) is 18.6 Å². The molecule has 2 heterocycles. The molecule has 11 nitrogen and oxygen atoms in total. The molecule has 45 heavy (non-hydrogen) atoms. The van der Waals surface area contributed by atoms with Crippen molar-refractivity contribution in [2.24, 2.45) is 0 Å². The summed E-state index contributed by atoms with van der Waals surface area (Å²) in [6.07, 6.45) is 2.41. The average molecular weight is 639 g/mol. The molecule has 0 saturated carbocycles. The summed E-state index contributed by atoms with van der Waals surface area (Å²) in [6, 6.07) is 16.5. The second kappa shape index (κ2) is 14.3. The van der Waals surface area contributed by atoms with Gasteiger partial charge < -0.3 is 14.1 Å². The van der Waals surface area contributed by atoms with E-state index in [0.717, 1.165) is 35.1 Å². The van der Waals surface area contributed by atoms with E-state index >= 15 is 0 Å². The number of sulfone groups is 1. The summed E-state index contributed by atoms with van der Waals surface area (Å²) in [5.74, 6) is 0.584. The molecule has 0 saturated heterocycles. The molecule has 1 aliphatic rings. The van der Waals surface area contributed by atoms with Gasteiger partial charge in [0.25, 0.3) is 5.91 Å². The van der Waals surface area contributed by atoms with Crippen LogP contribution in [0.4, 0.5) is 10.5 Å². The van der Waals surface area contributed by atoms with Gasteiger partial charge in [-0.3, -0.25) is 19.9 Å². The lowest BCUT2D eigenvalue weighted by atomic mass is 9.97. The molecule has 3 amide bonds. The third-order valence-corrected chi connectivity index (χ3v) is 8.02. The zero-order chi connectivity index (χ0) is 32.8. The molecule has 0 aliphatic carbocycles. The highest BCUT2D eigenvalue weighted by Crippen LogP contribution is 2.34. The van der Waals surface area contributed by atoms with E-state index in [0.29, 0.717) is 43.0 Å². The van der Waals surface area contributed by atoms with Crippen LogP contribution in [0.2, 0.25) is 0 Å². The molecule has 1 aliphatic heterocycles. The van der Waals surface area contributed by atoms with Gasteiger partial charge in [-0.2, -0.15) is 0 Å². The van der Waals surface area contributed by atoms with Crippen molar-refractivity contribution in [1.29, 1.82) is 0 Å². The summed E-state index contributed by atoms with van der Waals surface area (Å²) in [6.45, 7) is 8.26. The molecule has 2 aromatic carbocycles. The summed E-state index contributed by atoms with van der Waals surface area (Å²) in [7, 11) is -3.31. The summed E-state index contributed by atoms with van der Waals surface area (Å²) in [5.41, 5.74) is 8.79. The van der Waals surface area contributed by atoms with Crippen molar-refractivity contribution in [1.82, 2.24) is 15.8 Å². The number of ether oxygens (including phenoxy) is 1. The van der Waals surface area contributed by atoms with Crippen molar-refractivity contribution >= 4 is 33.4 Å². The minimum atomic E-state index is -3.31. The van der Waals surface area contributed by atoms with Crippen LogP contribution in [0.25, 0.3) is 11.3 Å². The van der Waals surface area contributed by atoms with Crippen LogP contribution in [0.1, 0.15) is 67.8 Å². The molecule has 0 atom stereocenters. The maximum Gasteiger partial charge on any atom is 0.410 e. The molecule has 0 fully saturated rings. The van der Waals surface area contributed by atoms with Gasteiger partial charge in [0, 0.05) is 42.6 Å². The molecule has 242 valence electrons. The number of carbonyl (C=O) groups excluding carboxylic acids is 3. The van der Waals surface area contributed by atoms with Gasteiger partial charge in [-0.05, 0) is 75.1 Å². The van der Waals surface area contributed by atoms with Crippen LogP contribution in [0.15, 0.2) is 59.0 Å². The first-order valence-electron chi connectivity index (χ1n) is 15.0. The van der Waals surface area contributed by atoms with Crippen LogP contribution < -0.4 is 15.8 Å². The summed E-state index contributed by atoms with van der Waals surface area (Å²) < 4.78 is 35.2. The lowest BCUT2D eigenvalue weighted by Gasteiger charge is -2.30. The highest BCUT2D eigenvalue weighted by Gasteiger charge is 2.27. The Bertz CT molecular complexity index is 1630. The highest BCUT2D eigenvalue weighted by atomic mass is 32.2. The van der Waals surface area contributed by atoms with Gasteiger partial charge >= 0.3 is 6.09 Å². The van der Waals surface area contributed by atoms with Crippen LogP contribution in [0.3, 0.4) is 0 Å². The minimum absolute atomic E-state index is 0.00393. The minimum Gasteiger partial charge on any atom is -0.459 e. The quantitative estimate of drug-likeness (QED) is 0.212. The lowest BCUT2D eigenvalue weighted by Crippen LogP contribution is -2.38. The SMILES string of the molecule is CCCNNC(=O)c1ccc(CN2C(=O)CCc3ccc(-c4ccc(CN(CCS(C)(=O)=O)C(=O)OC(C)(C)C)o4)cc32)cc1. The van der Waals surface area contributed by atoms with Crippen molar-refractivity contribution in [2.75, 3.05) is 30.0 Å². The molecule has 0 unspecified atom stereocenters. The normalized spacial score (nSPS) is 13.4. The third kappa shape index (κ3) is 9.66. The van der Waals surface area contributed by atoms with Crippen LogP contribution in [-0.4, -0.2) is 61.9 Å². The van der Waals surface area contributed by atoms with Gasteiger partial charge in [-0.15, -0.1) is 0 Å². The Labute approximate surface area is 264 Å².